The van der Waals surface area contributed by atoms with Gasteiger partial charge in [0, 0.05) is 6.04 Å². The number of carbonyl (C=O) groups is 1. The van der Waals surface area contributed by atoms with Crippen molar-refractivity contribution in [2.75, 3.05) is 0 Å². The first kappa shape index (κ1) is 9.41. The molecule has 2 rings (SSSR count). The van der Waals surface area contributed by atoms with Gasteiger partial charge in [-0.1, -0.05) is 0 Å². The third kappa shape index (κ3) is 1.46. The van der Waals surface area contributed by atoms with Crippen LogP contribution in [0, 0.1) is 0 Å². The van der Waals surface area contributed by atoms with Crippen LogP contribution in [0.4, 0.5) is 0 Å². The number of aliphatic imine (C=N–C) groups is 1. The molecule has 0 spiro atoms. The normalized spacial score (nSPS) is 24.0. The minimum Gasteiger partial charge on any atom is -0.351 e. The number of nitrogens with one attached hydrogen (secondary N) is 1. The molecule has 0 aliphatic heterocycles. The summed E-state index contributed by atoms with van der Waals surface area (Å²) in [5.74, 6) is -0.0724. The maximum atomic E-state index is 11.8. The molecule has 0 aromatic carbocycles. The number of isocyanates is 1. The van der Waals surface area contributed by atoms with Crippen molar-refractivity contribution >= 4 is 12.0 Å². The van der Waals surface area contributed by atoms with Crippen molar-refractivity contribution in [1.29, 1.82) is 0 Å². The highest BCUT2D eigenvalue weighted by molar-refractivity contribution is 5.88. The van der Waals surface area contributed by atoms with Crippen molar-refractivity contribution < 1.29 is 9.59 Å². The first-order valence-corrected chi connectivity index (χ1v) is 5.17. The van der Waals surface area contributed by atoms with Crippen molar-refractivity contribution in [3.63, 3.8) is 0 Å². The molecule has 1 N–H and O–H groups in total. The van der Waals surface area contributed by atoms with Crippen LogP contribution in [-0.4, -0.2) is 23.6 Å². The summed E-state index contributed by atoms with van der Waals surface area (Å²) in [6.45, 7) is 0. The van der Waals surface area contributed by atoms with E-state index in [-0.39, 0.29) is 5.91 Å². The number of rotatable bonds is 3. The number of nitrogens with zero attached hydrogens (tertiary/aromatic N) is 1. The molecule has 2 aliphatic carbocycles. The maximum absolute atomic E-state index is 11.8. The van der Waals surface area contributed by atoms with Crippen molar-refractivity contribution in [3.8, 4) is 0 Å². The summed E-state index contributed by atoms with van der Waals surface area (Å²) in [4.78, 5) is 25.6. The van der Waals surface area contributed by atoms with Crippen LogP contribution in [0.5, 0.6) is 0 Å². The number of amides is 1. The molecule has 0 atom stereocenters. The molecule has 0 saturated heterocycles. The number of hydrogen-bond acceptors (Lipinski definition) is 3. The van der Waals surface area contributed by atoms with E-state index in [4.69, 9.17) is 0 Å². The van der Waals surface area contributed by atoms with Gasteiger partial charge in [0.05, 0.1) is 0 Å². The fraction of sp³-hybridized carbons (Fsp3) is 0.800. The topological polar surface area (TPSA) is 58.5 Å². The molecular weight excluding hydrogens is 180 g/mol. The lowest BCUT2D eigenvalue weighted by Crippen LogP contribution is -2.54. The summed E-state index contributed by atoms with van der Waals surface area (Å²) in [5.41, 5.74) is -0.753. The molecule has 2 fully saturated rings. The highest BCUT2D eigenvalue weighted by atomic mass is 16.2. The average Bonchev–Trinajstić information content (AvgIpc) is 2.03. The van der Waals surface area contributed by atoms with E-state index in [1.54, 1.807) is 0 Å². The van der Waals surface area contributed by atoms with E-state index in [9.17, 15) is 9.59 Å². The Bertz CT molecular complexity index is 286. The Morgan fingerprint density at radius 1 is 1.36 bits per heavy atom. The smallest absolute Gasteiger partial charge is 0.249 e. The molecule has 0 radical (unpaired) electrons. The largest absolute Gasteiger partial charge is 0.351 e. The molecule has 0 aromatic heterocycles. The minimum atomic E-state index is -0.753. The van der Waals surface area contributed by atoms with E-state index in [2.05, 4.69) is 10.3 Å². The Balaban J connectivity index is 1.96. The summed E-state index contributed by atoms with van der Waals surface area (Å²) in [5, 5.41) is 2.93. The molecule has 76 valence electrons. The summed E-state index contributed by atoms with van der Waals surface area (Å²) in [6, 6.07) is 0.321. The molecule has 0 unspecified atom stereocenters. The zero-order valence-corrected chi connectivity index (χ0v) is 8.08. The fourth-order valence-electron chi connectivity index (χ4n) is 1.86. The molecule has 0 bridgehead atoms. The van der Waals surface area contributed by atoms with Gasteiger partial charge in [-0.15, -0.1) is 0 Å². The monoisotopic (exact) mass is 194 g/mol. The second-order valence-corrected chi connectivity index (χ2v) is 4.19. The van der Waals surface area contributed by atoms with Crippen LogP contribution in [0.25, 0.3) is 0 Å². The van der Waals surface area contributed by atoms with Crippen LogP contribution >= 0.6 is 0 Å². The second kappa shape index (κ2) is 3.54. The highest BCUT2D eigenvalue weighted by Gasteiger charge is 2.45. The van der Waals surface area contributed by atoms with Gasteiger partial charge >= 0.3 is 0 Å². The average molecular weight is 194 g/mol. The van der Waals surface area contributed by atoms with Gasteiger partial charge in [-0.05, 0) is 38.5 Å². The maximum Gasteiger partial charge on any atom is 0.249 e. The quantitative estimate of drug-likeness (QED) is 0.536. The van der Waals surface area contributed by atoms with Gasteiger partial charge in [-0.25, -0.2) is 4.79 Å². The molecule has 2 saturated carbocycles. The van der Waals surface area contributed by atoms with Crippen LogP contribution in [0.2, 0.25) is 0 Å². The van der Waals surface area contributed by atoms with Gasteiger partial charge in [0.15, 0.2) is 5.54 Å². The Morgan fingerprint density at radius 3 is 2.43 bits per heavy atom. The van der Waals surface area contributed by atoms with E-state index >= 15 is 0 Å². The Labute approximate surface area is 82.8 Å². The van der Waals surface area contributed by atoms with Crippen LogP contribution in [0.1, 0.15) is 38.5 Å². The summed E-state index contributed by atoms with van der Waals surface area (Å²) in [7, 11) is 0. The standard InChI is InChI=1S/C10H14N2O2/c13-7-11-10(5-2-6-10)9(14)12-8-3-1-4-8/h8H,1-6H2,(H,12,14). The highest BCUT2D eigenvalue weighted by Crippen LogP contribution is 2.36. The number of hydrogen-bond donors (Lipinski definition) is 1. The van der Waals surface area contributed by atoms with Crippen LogP contribution < -0.4 is 5.32 Å². The molecule has 4 heteroatoms. The summed E-state index contributed by atoms with van der Waals surface area (Å²) in [6.07, 6.45) is 7.19. The van der Waals surface area contributed by atoms with E-state index in [0.29, 0.717) is 18.9 Å². The fourth-order valence-corrected chi connectivity index (χ4v) is 1.86. The van der Waals surface area contributed by atoms with Gasteiger partial charge < -0.3 is 5.32 Å². The van der Waals surface area contributed by atoms with Gasteiger partial charge in [0.25, 0.3) is 0 Å². The lowest BCUT2D eigenvalue weighted by Gasteiger charge is -2.37. The van der Waals surface area contributed by atoms with E-state index in [1.807, 2.05) is 0 Å². The van der Waals surface area contributed by atoms with Crippen LogP contribution in [0.3, 0.4) is 0 Å². The Hall–Kier alpha value is -1.15. The predicted octanol–water partition coefficient (Wildman–Crippen LogP) is 0.914. The van der Waals surface area contributed by atoms with Gasteiger partial charge in [0.2, 0.25) is 12.0 Å². The van der Waals surface area contributed by atoms with Gasteiger partial charge in [-0.2, -0.15) is 4.99 Å². The van der Waals surface area contributed by atoms with Crippen LogP contribution in [0.15, 0.2) is 4.99 Å². The molecule has 0 heterocycles. The Kier molecular flexibility index (Phi) is 2.38. The second-order valence-electron chi connectivity index (χ2n) is 4.19. The Morgan fingerprint density at radius 2 is 2.07 bits per heavy atom. The van der Waals surface area contributed by atoms with E-state index in [0.717, 1.165) is 19.3 Å². The van der Waals surface area contributed by atoms with Crippen molar-refractivity contribution in [2.45, 2.75) is 50.1 Å². The van der Waals surface area contributed by atoms with Gasteiger partial charge in [-0.3, -0.25) is 4.79 Å². The molecule has 4 nitrogen and oxygen atoms in total. The zero-order valence-electron chi connectivity index (χ0n) is 8.08. The minimum absolute atomic E-state index is 0.0724. The van der Waals surface area contributed by atoms with E-state index in [1.165, 1.54) is 12.5 Å². The van der Waals surface area contributed by atoms with Crippen molar-refractivity contribution in [3.05, 3.63) is 0 Å². The number of carbonyl (C=O) groups excluding carboxylic acids is 2. The van der Waals surface area contributed by atoms with Gasteiger partial charge in [0.1, 0.15) is 0 Å². The SMILES string of the molecule is O=C=NC1(C(=O)NC2CCC2)CCC1. The lowest BCUT2D eigenvalue weighted by molar-refractivity contribution is -0.130. The lowest BCUT2D eigenvalue weighted by atomic mass is 9.76. The first-order chi connectivity index (χ1) is 6.77. The molecule has 0 aromatic rings. The third-order valence-corrected chi connectivity index (χ3v) is 3.30. The van der Waals surface area contributed by atoms with E-state index < -0.39 is 5.54 Å². The molecule has 2 aliphatic rings. The summed E-state index contributed by atoms with van der Waals surface area (Å²) >= 11 is 0. The summed E-state index contributed by atoms with van der Waals surface area (Å²) < 4.78 is 0. The first-order valence-electron chi connectivity index (χ1n) is 5.17. The molecule has 1 amide bonds. The third-order valence-electron chi connectivity index (χ3n) is 3.30. The molecular formula is C10H14N2O2. The zero-order chi connectivity index (χ0) is 10.0. The van der Waals surface area contributed by atoms with Crippen molar-refractivity contribution in [1.82, 2.24) is 5.32 Å². The predicted molar refractivity (Wildman–Crippen MR) is 50.5 cm³/mol. The van der Waals surface area contributed by atoms with Crippen molar-refractivity contribution in [2.24, 2.45) is 4.99 Å². The molecule has 14 heavy (non-hydrogen) atoms. The van der Waals surface area contributed by atoms with Crippen LogP contribution in [-0.2, 0) is 9.59 Å².